The summed E-state index contributed by atoms with van der Waals surface area (Å²) in [4.78, 5) is 11.0. The molecule has 2 heteroatoms. The van der Waals surface area contributed by atoms with Gasteiger partial charge in [-0.1, -0.05) is 26.8 Å². The fourth-order valence-electron chi connectivity index (χ4n) is 1.58. The molecule has 0 heterocycles. The number of rotatable bonds is 3. The van der Waals surface area contributed by atoms with Gasteiger partial charge in [-0.05, 0) is 36.0 Å². The van der Waals surface area contributed by atoms with Crippen LogP contribution in [-0.4, -0.2) is 12.4 Å². The van der Waals surface area contributed by atoms with E-state index in [1.165, 1.54) is 0 Å². The summed E-state index contributed by atoms with van der Waals surface area (Å²) in [5, 5.41) is 0. The van der Waals surface area contributed by atoms with E-state index in [1.54, 1.807) is 0 Å². The van der Waals surface area contributed by atoms with Crippen LogP contribution in [0.5, 0.6) is 5.75 Å². The van der Waals surface area contributed by atoms with Gasteiger partial charge < -0.3 is 4.74 Å². The maximum absolute atomic E-state index is 11.0. The molecular weight excluding hydrogens is 200 g/mol. The van der Waals surface area contributed by atoms with Crippen LogP contribution in [0.3, 0.4) is 0 Å². The predicted octanol–water partition coefficient (Wildman–Crippen LogP) is 3.34. The fourth-order valence-corrected chi connectivity index (χ4v) is 1.58. The van der Waals surface area contributed by atoms with E-state index in [0.717, 1.165) is 30.4 Å². The summed E-state index contributed by atoms with van der Waals surface area (Å²) in [6.07, 6.45) is 3.44. The second-order valence-electron chi connectivity index (χ2n) is 5.44. The highest BCUT2D eigenvalue weighted by Crippen LogP contribution is 2.31. The predicted molar refractivity (Wildman–Crippen MR) is 64.2 cm³/mol. The third-order valence-electron chi connectivity index (χ3n) is 2.82. The van der Waals surface area contributed by atoms with E-state index in [4.69, 9.17) is 4.74 Å². The van der Waals surface area contributed by atoms with Gasteiger partial charge in [0.2, 0.25) is 0 Å². The maximum atomic E-state index is 11.0. The van der Waals surface area contributed by atoms with E-state index in [2.05, 4.69) is 20.8 Å². The van der Waals surface area contributed by atoms with Crippen LogP contribution >= 0.6 is 0 Å². The molecule has 1 aliphatic carbocycles. The first-order valence-electron chi connectivity index (χ1n) is 5.77. The van der Waals surface area contributed by atoms with Crippen LogP contribution in [0.25, 0.3) is 0 Å². The SMILES string of the molecule is CC(C)(C)c1ccc(OC2CC2)c(C=O)c1. The molecule has 0 radical (unpaired) electrons. The Bertz CT molecular complexity index is 398. The monoisotopic (exact) mass is 218 g/mol. The molecule has 0 aromatic heterocycles. The molecule has 1 aromatic carbocycles. The minimum absolute atomic E-state index is 0.0653. The lowest BCUT2D eigenvalue weighted by molar-refractivity contribution is 0.111. The Morgan fingerprint density at radius 1 is 1.31 bits per heavy atom. The highest BCUT2D eigenvalue weighted by molar-refractivity contribution is 5.79. The van der Waals surface area contributed by atoms with Crippen molar-refractivity contribution in [3.05, 3.63) is 29.3 Å². The third-order valence-corrected chi connectivity index (χ3v) is 2.82. The third kappa shape index (κ3) is 2.43. The van der Waals surface area contributed by atoms with Crippen LogP contribution in [0, 0.1) is 0 Å². The first-order chi connectivity index (χ1) is 7.50. The molecule has 0 N–H and O–H groups in total. The lowest BCUT2D eigenvalue weighted by atomic mass is 9.86. The van der Waals surface area contributed by atoms with Gasteiger partial charge in [-0.2, -0.15) is 0 Å². The molecule has 2 nitrogen and oxygen atoms in total. The number of ether oxygens (including phenoxy) is 1. The van der Waals surface area contributed by atoms with Crippen molar-refractivity contribution >= 4 is 6.29 Å². The fraction of sp³-hybridized carbons (Fsp3) is 0.500. The van der Waals surface area contributed by atoms with Gasteiger partial charge >= 0.3 is 0 Å². The van der Waals surface area contributed by atoms with Crippen molar-refractivity contribution in [3.8, 4) is 5.75 Å². The zero-order valence-electron chi connectivity index (χ0n) is 10.1. The summed E-state index contributed by atoms with van der Waals surface area (Å²) in [6.45, 7) is 6.41. The van der Waals surface area contributed by atoms with Crippen LogP contribution in [-0.2, 0) is 5.41 Å². The molecule has 1 fully saturated rings. The van der Waals surface area contributed by atoms with Crippen molar-refractivity contribution in [1.82, 2.24) is 0 Å². The van der Waals surface area contributed by atoms with E-state index in [0.29, 0.717) is 11.7 Å². The Hall–Kier alpha value is -1.31. The highest BCUT2D eigenvalue weighted by Gasteiger charge is 2.25. The van der Waals surface area contributed by atoms with Gasteiger partial charge in [0.1, 0.15) is 5.75 Å². The summed E-state index contributed by atoms with van der Waals surface area (Å²) < 4.78 is 5.68. The Morgan fingerprint density at radius 3 is 2.50 bits per heavy atom. The van der Waals surface area contributed by atoms with Crippen LogP contribution in [0.4, 0.5) is 0 Å². The summed E-state index contributed by atoms with van der Waals surface area (Å²) in [5.74, 6) is 0.727. The second-order valence-corrected chi connectivity index (χ2v) is 5.44. The Balaban J connectivity index is 2.30. The molecule has 1 saturated carbocycles. The van der Waals surface area contributed by atoms with Gasteiger partial charge in [0, 0.05) is 0 Å². The van der Waals surface area contributed by atoms with Gasteiger partial charge in [-0.3, -0.25) is 4.79 Å². The minimum Gasteiger partial charge on any atom is -0.490 e. The minimum atomic E-state index is 0.0653. The standard InChI is InChI=1S/C14H18O2/c1-14(2,3)11-4-7-13(10(8-11)9-15)16-12-5-6-12/h4,7-9,12H,5-6H2,1-3H3. The van der Waals surface area contributed by atoms with Crippen LogP contribution in [0.15, 0.2) is 18.2 Å². The summed E-state index contributed by atoms with van der Waals surface area (Å²) >= 11 is 0. The molecule has 1 aromatic rings. The average Bonchev–Trinajstić information content (AvgIpc) is 3.00. The maximum Gasteiger partial charge on any atom is 0.153 e. The molecular formula is C14H18O2. The lowest BCUT2D eigenvalue weighted by Crippen LogP contribution is -2.12. The Labute approximate surface area is 96.6 Å². The second kappa shape index (κ2) is 3.93. The summed E-state index contributed by atoms with van der Waals surface area (Å²) in [7, 11) is 0. The van der Waals surface area contributed by atoms with E-state index in [9.17, 15) is 4.79 Å². The molecule has 2 rings (SSSR count). The number of hydrogen-bond acceptors (Lipinski definition) is 2. The molecule has 0 saturated heterocycles. The zero-order chi connectivity index (χ0) is 11.8. The van der Waals surface area contributed by atoms with Crippen molar-refractivity contribution in [3.63, 3.8) is 0 Å². The number of aldehydes is 1. The largest absolute Gasteiger partial charge is 0.490 e. The van der Waals surface area contributed by atoms with Crippen molar-refractivity contribution < 1.29 is 9.53 Å². The van der Waals surface area contributed by atoms with Gasteiger partial charge in [0.15, 0.2) is 6.29 Å². The van der Waals surface area contributed by atoms with Crippen LogP contribution < -0.4 is 4.74 Å². The molecule has 1 aliphatic rings. The molecule has 0 amide bonds. The summed E-state index contributed by atoms with van der Waals surface area (Å²) in [5.41, 5.74) is 1.90. The quantitative estimate of drug-likeness (QED) is 0.727. The topological polar surface area (TPSA) is 26.3 Å². The first-order valence-corrected chi connectivity index (χ1v) is 5.77. The van der Waals surface area contributed by atoms with Gasteiger partial charge in [-0.25, -0.2) is 0 Å². The molecule has 0 atom stereocenters. The smallest absolute Gasteiger partial charge is 0.153 e. The van der Waals surface area contributed by atoms with Crippen LogP contribution in [0.1, 0.15) is 49.5 Å². The van der Waals surface area contributed by atoms with Crippen molar-refractivity contribution in [2.75, 3.05) is 0 Å². The summed E-state index contributed by atoms with van der Waals surface area (Å²) in [6, 6.07) is 5.90. The van der Waals surface area contributed by atoms with E-state index < -0.39 is 0 Å². The zero-order valence-corrected chi connectivity index (χ0v) is 10.1. The van der Waals surface area contributed by atoms with Gasteiger partial charge in [0.05, 0.1) is 11.7 Å². The number of carbonyl (C=O) groups excluding carboxylic acids is 1. The molecule has 0 spiro atoms. The number of benzene rings is 1. The van der Waals surface area contributed by atoms with Crippen molar-refractivity contribution in [1.29, 1.82) is 0 Å². The Morgan fingerprint density at radius 2 is 2.00 bits per heavy atom. The van der Waals surface area contributed by atoms with Crippen molar-refractivity contribution in [2.45, 2.75) is 45.1 Å². The van der Waals surface area contributed by atoms with E-state index in [1.807, 2.05) is 18.2 Å². The number of carbonyl (C=O) groups is 1. The van der Waals surface area contributed by atoms with E-state index in [-0.39, 0.29) is 5.41 Å². The molecule has 16 heavy (non-hydrogen) atoms. The molecule has 0 unspecified atom stereocenters. The average molecular weight is 218 g/mol. The molecule has 0 aliphatic heterocycles. The van der Waals surface area contributed by atoms with Crippen molar-refractivity contribution in [2.24, 2.45) is 0 Å². The Kier molecular flexibility index (Phi) is 2.75. The van der Waals surface area contributed by atoms with E-state index >= 15 is 0 Å². The molecule has 0 bridgehead atoms. The van der Waals surface area contributed by atoms with Crippen LogP contribution in [0.2, 0.25) is 0 Å². The van der Waals surface area contributed by atoms with Gasteiger partial charge in [-0.15, -0.1) is 0 Å². The highest BCUT2D eigenvalue weighted by atomic mass is 16.5. The number of hydrogen-bond donors (Lipinski definition) is 0. The van der Waals surface area contributed by atoms with Gasteiger partial charge in [0.25, 0.3) is 0 Å². The normalized spacial score (nSPS) is 15.9. The first kappa shape index (κ1) is 11.2. The molecule has 86 valence electrons. The lowest BCUT2D eigenvalue weighted by Gasteiger charge is -2.20.